The maximum absolute atomic E-state index is 10.4. The highest BCUT2D eigenvalue weighted by Crippen LogP contribution is 2.28. The van der Waals surface area contributed by atoms with Crippen molar-refractivity contribution in [3.05, 3.63) is 35.4 Å². The first kappa shape index (κ1) is 11.6. The third kappa shape index (κ3) is 2.45. The summed E-state index contributed by atoms with van der Waals surface area (Å²) in [6.45, 7) is 4.26. The van der Waals surface area contributed by atoms with Gasteiger partial charge < -0.3 is 10.4 Å². The van der Waals surface area contributed by atoms with Gasteiger partial charge in [-0.25, -0.2) is 0 Å². The fourth-order valence-corrected chi connectivity index (χ4v) is 2.54. The summed E-state index contributed by atoms with van der Waals surface area (Å²) in [7, 11) is 0. The molecule has 2 rings (SSSR count). The number of aliphatic hydroxyl groups is 1. The minimum atomic E-state index is -0.360. The van der Waals surface area contributed by atoms with Crippen LogP contribution in [0.15, 0.2) is 24.3 Å². The zero-order valence-electron chi connectivity index (χ0n) is 10.1. The smallest absolute Gasteiger partial charge is 0.0945 e. The highest BCUT2D eigenvalue weighted by Gasteiger charge is 2.25. The maximum atomic E-state index is 10.4. The van der Waals surface area contributed by atoms with Gasteiger partial charge in [0.25, 0.3) is 0 Å². The highest BCUT2D eigenvalue weighted by atomic mass is 16.3. The van der Waals surface area contributed by atoms with Gasteiger partial charge in [-0.2, -0.15) is 0 Å². The molecule has 0 bridgehead atoms. The largest absolute Gasteiger partial charge is 0.387 e. The van der Waals surface area contributed by atoms with Crippen LogP contribution in [0.5, 0.6) is 0 Å². The summed E-state index contributed by atoms with van der Waals surface area (Å²) in [5.41, 5.74) is 2.42. The van der Waals surface area contributed by atoms with E-state index in [9.17, 15) is 5.11 Å². The lowest BCUT2D eigenvalue weighted by molar-refractivity contribution is 0.121. The van der Waals surface area contributed by atoms with Crippen LogP contribution in [-0.4, -0.2) is 17.2 Å². The minimum Gasteiger partial charge on any atom is -0.387 e. The molecule has 0 spiro atoms. The van der Waals surface area contributed by atoms with Crippen LogP contribution in [0, 0.1) is 0 Å². The molecular weight excluding hydrogens is 198 g/mol. The molecule has 2 nitrogen and oxygen atoms in total. The summed E-state index contributed by atoms with van der Waals surface area (Å²) >= 11 is 0. The zero-order valence-corrected chi connectivity index (χ0v) is 10.1. The van der Waals surface area contributed by atoms with Crippen LogP contribution in [0.1, 0.15) is 43.9 Å². The summed E-state index contributed by atoms with van der Waals surface area (Å²) in [5, 5.41) is 13.8. The van der Waals surface area contributed by atoms with Crippen molar-refractivity contribution in [1.29, 1.82) is 0 Å². The molecule has 0 amide bonds. The second-order valence-electron chi connectivity index (χ2n) is 4.96. The van der Waals surface area contributed by atoms with E-state index in [4.69, 9.17) is 0 Å². The maximum Gasteiger partial charge on any atom is 0.0945 e. The van der Waals surface area contributed by atoms with E-state index >= 15 is 0 Å². The highest BCUT2D eigenvalue weighted by molar-refractivity contribution is 5.31. The van der Waals surface area contributed by atoms with Gasteiger partial charge in [-0.3, -0.25) is 0 Å². The Morgan fingerprint density at radius 3 is 2.81 bits per heavy atom. The lowest BCUT2D eigenvalue weighted by atomic mass is 9.98. The van der Waals surface area contributed by atoms with Crippen molar-refractivity contribution in [3.8, 4) is 0 Å². The number of rotatable bonds is 2. The van der Waals surface area contributed by atoms with Crippen LogP contribution in [0.4, 0.5) is 0 Å². The van der Waals surface area contributed by atoms with Crippen molar-refractivity contribution in [2.24, 2.45) is 0 Å². The summed E-state index contributed by atoms with van der Waals surface area (Å²) in [6, 6.07) is 8.88. The van der Waals surface area contributed by atoms with E-state index in [1.54, 1.807) is 0 Å². The molecule has 2 heteroatoms. The van der Waals surface area contributed by atoms with Crippen LogP contribution in [0.25, 0.3) is 0 Å². The second kappa shape index (κ2) is 4.98. The first-order valence-electron chi connectivity index (χ1n) is 6.20. The Balaban J connectivity index is 2.22. The van der Waals surface area contributed by atoms with Gasteiger partial charge >= 0.3 is 0 Å². The Morgan fingerprint density at radius 1 is 1.31 bits per heavy atom. The summed E-state index contributed by atoms with van der Waals surface area (Å²) in [4.78, 5) is 0. The molecule has 0 aromatic heterocycles. The molecule has 2 N–H and O–H groups in total. The Bertz CT molecular complexity index is 348. The molecule has 0 radical (unpaired) electrons. The molecule has 1 aliphatic carbocycles. The molecule has 0 saturated carbocycles. The van der Waals surface area contributed by atoms with E-state index < -0.39 is 0 Å². The van der Waals surface area contributed by atoms with Gasteiger partial charge in [-0.05, 0) is 30.4 Å². The molecule has 0 saturated heterocycles. The van der Waals surface area contributed by atoms with Gasteiger partial charge in [0, 0.05) is 12.1 Å². The first-order valence-corrected chi connectivity index (χ1v) is 6.20. The Morgan fingerprint density at radius 2 is 2.06 bits per heavy atom. The predicted molar refractivity (Wildman–Crippen MR) is 66.4 cm³/mol. The second-order valence-corrected chi connectivity index (χ2v) is 4.96. The number of nitrogens with one attached hydrogen (secondary N) is 1. The Hall–Kier alpha value is -0.860. The van der Waals surface area contributed by atoms with Crippen molar-refractivity contribution in [2.75, 3.05) is 0 Å². The third-order valence-electron chi connectivity index (χ3n) is 3.26. The molecule has 2 unspecified atom stereocenters. The van der Waals surface area contributed by atoms with Gasteiger partial charge in [0.2, 0.25) is 0 Å². The van der Waals surface area contributed by atoms with E-state index in [0.717, 1.165) is 24.8 Å². The van der Waals surface area contributed by atoms with E-state index in [0.29, 0.717) is 6.04 Å². The van der Waals surface area contributed by atoms with Gasteiger partial charge in [-0.1, -0.05) is 38.1 Å². The van der Waals surface area contributed by atoms with E-state index in [1.807, 2.05) is 6.07 Å². The predicted octanol–water partition coefficient (Wildman–Crippen LogP) is 2.42. The fraction of sp³-hybridized carbons (Fsp3) is 0.571. The molecule has 0 heterocycles. The molecule has 88 valence electrons. The topological polar surface area (TPSA) is 32.3 Å². The average Bonchev–Trinajstić information content (AvgIpc) is 2.40. The molecule has 1 aliphatic rings. The molecule has 1 aromatic carbocycles. The summed E-state index contributed by atoms with van der Waals surface area (Å²) < 4.78 is 0. The average molecular weight is 219 g/mol. The summed E-state index contributed by atoms with van der Waals surface area (Å²) in [5.74, 6) is 0. The van der Waals surface area contributed by atoms with Crippen LogP contribution in [-0.2, 0) is 6.42 Å². The van der Waals surface area contributed by atoms with Crippen molar-refractivity contribution in [3.63, 3.8) is 0 Å². The third-order valence-corrected chi connectivity index (χ3v) is 3.26. The zero-order chi connectivity index (χ0) is 11.5. The van der Waals surface area contributed by atoms with Gasteiger partial charge in [0.15, 0.2) is 0 Å². The van der Waals surface area contributed by atoms with Crippen LogP contribution in [0.3, 0.4) is 0 Å². The van der Waals surface area contributed by atoms with Crippen LogP contribution < -0.4 is 5.32 Å². The minimum absolute atomic E-state index is 0.198. The molecule has 2 atom stereocenters. The molecule has 0 fully saturated rings. The number of hydrogen-bond donors (Lipinski definition) is 2. The van der Waals surface area contributed by atoms with Gasteiger partial charge in [0.1, 0.15) is 0 Å². The van der Waals surface area contributed by atoms with E-state index in [-0.39, 0.29) is 12.1 Å². The van der Waals surface area contributed by atoms with E-state index in [1.165, 1.54) is 5.56 Å². The lowest BCUT2D eigenvalue weighted by Crippen LogP contribution is -2.38. The lowest BCUT2D eigenvalue weighted by Gasteiger charge is -2.25. The molecular formula is C14H21NO. The van der Waals surface area contributed by atoms with Gasteiger partial charge in [0.05, 0.1) is 6.10 Å². The number of fused-ring (bicyclic) bond motifs is 1. The van der Waals surface area contributed by atoms with Crippen molar-refractivity contribution in [1.82, 2.24) is 5.32 Å². The fourth-order valence-electron chi connectivity index (χ4n) is 2.54. The molecule has 16 heavy (non-hydrogen) atoms. The molecule has 0 aliphatic heterocycles. The van der Waals surface area contributed by atoms with Crippen LogP contribution >= 0.6 is 0 Å². The number of aryl methyl sites for hydroxylation is 1. The van der Waals surface area contributed by atoms with Gasteiger partial charge in [-0.15, -0.1) is 0 Å². The normalized spacial score (nSPS) is 25.2. The van der Waals surface area contributed by atoms with Crippen LogP contribution in [0.2, 0.25) is 0 Å². The monoisotopic (exact) mass is 219 g/mol. The van der Waals surface area contributed by atoms with Crippen molar-refractivity contribution in [2.45, 2.75) is 51.3 Å². The molecule has 1 aromatic rings. The van der Waals surface area contributed by atoms with E-state index in [2.05, 4.69) is 37.4 Å². The van der Waals surface area contributed by atoms with Crippen molar-refractivity contribution >= 4 is 0 Å². The Labute approximate surface area is 97.7 Å². The SMILES string of the molecule is CC(C)NC1CCCc2ccccc2C1O. The Kier molecular flexibility index (Phi) is 3.62. The number of benzene rings is 1. The number of aliphatic hydroxyl groups excluding tert-OH is 1. The first-order chi connectivity index (χ1) is 7.68. The standard InChI is InChI=1S/C14H21NO/c1-10(2)15-13-9-5-7-11-6-3-4-8-12(11)14(13)16/h3-4,6,8,10,13-16H,5,7,9H2,1-2H3. The summed E-state index contributed by atoms with van der Waals surface area (Å²) in [6.07, 6.45) is 2.93. The quantitative estimate of drug-likeness (QED) is 0.749. The number of hydrogen-bond acceptors (Lipinski definition) is 2. The van der Waals surface area contributed by atoms with Crippen molar-refractivity contribution < 1.29 is 5.11 Å².